The molecule has 0 aromatic rings. The Labute approximate surface area is 104 Å². The summed E-state index contributed by atoms with van der Waals surface area (Å²) in [5, 5.41) is 0. The predicted octanol–water partition coefficient (Wildman–Crippen LogP) is 2.84. The van der Waals surface area contributed by atoms with E-state index in [1.54, 1.807) is 6.92 Å². The summed E-state index contributed by atoms with van der Waals surface area (Å²) in [4.78, 5) is 11.6. The molecule has 1 saturated carbocycles. The summed E-state index contributed by atoms with van der Waals surface area (Å²) in [6.07, 6.45) is 3.14. The molecule has 0 bridgehead atoms. The Morgan fingerprint density at radius 1 is 1.12 bits per heavy atom. The zero-order chi connectivity index (χ0) is 12.8. The summed E-state index contributed by atoms with van der Waals surface area (Å²) in [7, 11) is -0.212. The van der Waals surface area contributed by atoms with Crippen molar-refractivity contribution in [1.82, 2.24) is 0 Å². The molecule has 2 fully saturated rings. The van der Waals surface area contributed by atoms with Gasteiger partial charge in [0, 0.05) is 11.7 Å². The van der Waals surface area contributed by atoms with Crippen LogP contribution >= 0.6 is 0 Å². The van der Waals surface area contributed by atoms with E-state index in [1.807, 2.05) is 0 Å². The van der Waals surface area contributed by atoms with E-state index in [2.05, 4.69) is 27.7 Å². The summed E-state index contributed by atoms with van der Waals surface area (Å²) < 4.78 is 12.1. The highest BCUT2D eigenvalue weighted by molar-refractivity contribution is 6.48. The molecule has 17 heavy (non-hydrogen) atoms. The fourth-order valence-electron chi connectivity index (χ4n) is 2.88. The monoisotopic (exact) mass is 238 g/mol. The molecule has 0 unspecified atom stereocenters. The number of ketones is 1. The summed E-state index contributed by atoms with van der Waals surface area (Å²) in [5.41, 5.74) is -0.580. The molecule has 3 nitrogen and oxygen atoms in total. The third-order valence-electron chi connectivity index (χ3n) is 4.71. The second-order valence-electron chi connectivity index (χ2n) is 6.44. The topological polar surface area (TPSA) is 35.5 Å². The lowest BCUT2D eigenvalue weighted by molar-refractivity contribution is -0.120. The average Bonchev–Trinajstić information content (AvgIpc) is 2.69. The van der Waals surface area contributed by atoms with Crippen molar-refractivity contribution in [1.29, 1.82) is 0 Å². The molecule has 0 N–H and O–H groups in total. The van der Waals surface area contributed by atoms with Crippen molar-refractivity contribution in [2.24, 2.45) is 5.92 Å². The molecule has 4 heteroatoms. The molecule has 1 heterocycles. The fourth-order valence-corrected chi connectivity index (χ4v) is 2.88. The van der Waals surface area contributed by atoms with Gasteiger partial charge in [-0.15, -0.1) is 0 Å². The van der Waals surface area contributed by atoms with Gasteiger partial charge in [0.05, 0.1) is 11.2 Å². The SMILES string of the molecule is CC(=O)[C@@H]1CCC[C@@H]1B1OC(C)(C)C(C)(C)O1. The Bertz CT molecular complexity index is 309. The van der Waals surface area contributed by atoms with Crippen LogP contribution in [0.5, 0.6) is 0 Å². The van der Waals surface area contributed by atoms with Crippen molar-refractivity contribution in [3.63, 3.8) is 0 Å². The highest BCUT2D eigenvalue weighted by Gasteiger charge is 2.56. The van der Waals surface area contributed by atoms with Crippen LogP contribution < -0.4 is 0 Å². The molecule has 0 amide bonds. The lowest BCUT2D eigenvalue weighted by atomic mass is 9.65. The van der Waals surface area contributed by atoms with E-state index in [0.29, 0.717) is 0 Å². The lowest BCUT2D eigenvalue weighted by Crippen LogP contribution is -2.41. The number of hydrogen-bond acceptors (Lipinski definition) is 3. The first-order valence-corrected chi connectivity index (χ1v) is 6.61. The molecule has 2 atom stereocenters. The van der Waals surface area contributed by atoms with E-state index in [9.17, 15) is 4.79 Å². The van der Waals surface area contributed by atoms with Gasteiger partial charge in [-0.2, -0.15) is 0 Å². The molecule has 0 aromatic heterocycles. The molecule has 1 aliphatic heterocycles. The minimum Gasteiger partial charge on any atom is -0.403 e. The third kappa shape index (κ3) is 2.17. The first kappa shape index (κ1) is 13.1. The second-order valence-corrected chi connectivity index (χ2v) is 6.44. The van der Waals surface area contributed by atoms with Gasteiger partial charge in [-0.3, -0.25) is 4.79 Å². The predicted molar refractivity (Wildman–Crippen MR) is 67.9 cm³/mol. The lowest BCUT2D eigenvalue weighted by Gasteiger charge is -2.32. The van der Waals surface area contributed by atoms with Gasteiger partial charge in [-0.05, 0) is 41.0 Å². The van der Waals surface area contributed by atoms with Crippen LogP contribution in [0.2, 0.25) is 5.82 Å². The molecule has 96 valence electrons. The van der Waals surface area contributed by atoms with Crippen LogP contribution in [0.1, 0.15) is 53.9 Å². The highest BCUT2D eigenvalue weighted by Crippen LogP contribution is 2.47. The second kappa shape index (κ2) is 4.09. The molecule has 1 aliphatic carbocycles. The van der Waals surface area contributed by atoms with Crippen molar-refractivity contribution in [2.75, 3.05) is 0 Å². The Morgan fingerprint density at radius 3 is 2.12 bits per heavy atom. The number of carbonyl (C=O) groups excluding carboxylic acids is 1. The smallest absolute Gasteiger partial charge is 0.403 e. The minimum atomic E-state index is -0.290. The van der Waals surface area contributed by atoms with E-state index >= 15 is 0 Å². The normalized spacial score (nSPS) is 35.2. The Balaban J connectivity index is 2.13. The molecule has 0 spiro atoms. The fraction of sp³-hybridized carbons (Fsp3) is 0.923. The Kier molecular flexibility index (Phi) is 3.15. The van der Waals surface area contributed by atoms with Gasteiger partial charge in [-0.1, -0.05) is 12.8 Å². The van der Waals surface area contributed by atoms with Crippen LogP contribution in [0, 0.1) is 5.92 Å². The van der Waals surface area contributed by atoms with Crippen molar-refractivity contribution in [3.05, 3.63) is 0 Å². The van der Waals surface area contributed by atoms with Gasteiger partial charge >= 0.3 is 7.12 Å². The number of hydrogen-bond donors (Lipinski definition) is 0. The maximum atomic E-state index is 11.6. The first-order chi connectivity index (χ1) is 7.74. The standard InChI is InChI=1S/C13H23BO3/c1-9(15)10-7-6-8-11(10)14-16-12(2,3)13(4,5)17-14/h10-11H,6-8H2,1-5H3/t10-,11-/m0/s1. The van der Waals surface area contributed by atoms with E-state index in [-0.39, 0.29) is 35.8 Å². The molecule has 1 saturated heterocycles. The number of Topliss-reactive ketones (excluding diaryl/α,β-unsaturated/α-hetero) is 1. The van der Waals surface area contributed by atoms with Crippen LogP contribution in [0.25, 0.3) is 0 Å². The first-order valence-electron chi connectivity index (χ1n) is 6.61. The quantitative estimate of drug-likeness (QED) is 0.694. The Morgan fingerprint density at radius 2 is 1.65 bits per heavy atom. The molecule has 2 rings (SSSR count). The summed E-state index contributed by atoms with van der Waals surface area (Å²) in [6, 6.07) is 0. The summed E-state index contributed by atoms with van der Waals surface area (Å²) >= 11 is 0. The molecular formula is C13H23BO3. The number of carbonyl (C=O) groups is 1. The van der Waals surface area contributed by atoms with Gasteiger partial charge in [0.1, 0.15) is 5.78 Å². The molecule has 0 radical (unpaired) electrons. The summed E-state index contributed by atoms with van der Waals surface area (Å²) in [6.45, 7) is 9.93. The van der Waals surface area contributed by atoms with Crippen LogP contribution in [0.15, 0.2) is 0 Å². The van der Waals surface area contributed by atoms with Gasteiger partial charge in [0.15, 0.2) is 0 Å². The van der Waals surface area contributed by atoms with Gasteiger partial charge < -0.3 is 9.31 Å². The van der Waals surface area contributed by atoms with E-state index in [4.69, 9.17) is 9.31 Å². The van der Waals surface area contributed by atoms with Crippen LogP contribution in [0.4, 0.5) is 0 Å². The van der Waals surface area contributed by atoms with Crippen LogP contribution in [-0.2, 0) is 14.1 Å². The van der Waals surface area contributed by atoms with Crippen LogP contribution in [-0.4, -0.2) is 24.1 Å². The maximum absolute atomic E-state index is 11.6. The minimum absolute atomic E-state index is 0.129. The van der Waals surface area contributed by atoms with Crippen molar-refractivity contribution >= 4 is 12.9 Å². The van der Waals surface area contributed by atoms with E-state index in [0.717, 1.165) is 19.3 Å². The molecular weight excluding hydrogens is 215 g/mol. The van der Waals surface area contributed by atoms with Gasteiger partial charge in [0.25, 0.3) is 0 Å². The zero-order valence-corrected chi connectivity index (χ0v) is 11.6. The molecule has 0 aromatic carbocycles. The van der Waals surface area contributed by atoms with E-state index < -0.39 is 0 Å². The van der Waals surface area contributed by atoms with Crippen LogP contribution in [0.3, 0.4) is 0 Å². The maximum Gasteiger partial charge on any atom is 0.461 e. The van der Waals surface area contributed by atoms with Gasteiger partial charge in [0.2, 0.25) is 0 Å². The highest BCUT2D eigenvalue weighted by atomic mass is 16.7. The van der Waals surface area contributed by atoms with Crippen molar-refractivity contribution in [3.8, 4) is 0 Å². The van der Waals surface area contributed by atoms with Crippen molar-refractivity contribution in [2.45, 2.75) is 70.9 Å². The zero-order valence-electron chi connectivity index (χ0n) is 11.6. The van der Waals surface area contributed by atoms with E-state index in [1.165, 1.54) is 0 Å². The van der Waals surface area contributed by atoms with Gasteiger partial charge in [-0.25, -0.2) is 0 Å². The Hall–Kier alpha value is -0.345. The summed E-state index contributed by atoms with van der Waals surface area (Å²) in [5.74, 6) is 0.653. The largest absolute Gasteiger partial charge is 0.461 e. The average molecular weight is 238 g/mol. The van der Waals surface area contributed by atoms with Crippen molar-refractivity contribution < 1.29 is 14.1 Å². The molecule has 2 aliphatic rings. The third-order valence-corrected chi connectivity index (χ3v) is 4.71. The number of rotatable bonds is 2.